The van der Waals surface area contributed by atoms with Crippen LogP contribution < -0.4 is 4.74 Å². The predicted molar refractivity (Wildman–Crippen MR) is 70.0 cm³/mol. The molecule has 1 rings (SSSR count). The van der Waals surface area contributed by atoms with Crippen molar-refractivity contribution in [2.45, 2.75) is 4.90 Å². The quantitative estimate of drug-likeness (QED) is 0.345. The van der Waals surface area contributed by atoms with Gasteiger partial charge in [0.15, 0.2) is 5.75 Å². The molecular formula is C9H9ClFNO5S2. The number of nitrogens with zero attached hydrogens (tertiary/aromatic N) is 1. The third-order valence-corrected chi connectivity index (χ3v) is 4.46. The molecule has 19 heavy (non-hydrogen) atoms. The van der Waals surface area contributed by atoms with E-state index in [1.54, 1.807) is 0 Å². The fourth-order valence-corrected chi connectivity index (χ4v) is 3.50. The third-order valence-electron chi connectivity index (χ3n) is 2.01. The van der Waals surface area contributed by atoms with Gasteiger partial charge >= 0.3 is 5.69 Å². The lowest BCUT2D eigenvalue weighted by atomic mass is 10.3. The number of benzene rings is 1. The Balaban J connectivity index is 2.94. The molecule has 0 saturated carbocycles. The summed E-state index contributed by atoms with van der Waals surface area (Å²) >= 11 is 0.883. The maximum Gasteiger partial charge on any atom is 0.313 e. The van der Waals surface area contributed by atoms with E-state index in [4.69, 9.17) is 15.4 Å². The summed E-state index contributed by atoms with van der Waals surface area (Å²) in [4.78, 5) is 9.94. The molecule has 6 nitrogen and oxygen atoms in total. The summed E-state index contributed by atoms with van der Waals surface area (Å²) in [6.07, 6.45) is 0. The first-order chi connectivity index (χ1) is 8.74. The van der Waals surface area contributed by atoms with Crippen molar-refractivity contribution >= 4 is 37.2 Å². The van der Waals surface area contributed by atoms with Gasteiger partial charge < -0.3 is 4.74 Å². The van der Waals surface area contributed by atoms with Gasteiger partial charge in [0.25, 0.3) is 0 Å². The number of halogens is 2. The largest absolute Gasteiger partial charge is 0.490 e. The number of ether oxygens (including phenoxy) is 1. The lowest BCUT2D eigenvalue weighted by Crippen LogP contribution is -2.01. The second-order valence-electron chi connectivity index (χ2n) is 3.30. The Morgan fingerprint density at radius 2 is 2.16 bits per heavy atom. The van der Waals surface area contributed by atoms with Crippen LogP contribution in [0.25, 0.3) is 0 Å². The van der Waals surface area contributed by atoms with E-state index < -0.39 is 25.5 Å². The van der Waals surface area contributed by atoms with E-state index in [1.165, 1.54) is 7.11 Å². The van der Waals surface area contributed by atoms with Crippen molar-refractivity contribution in [1.82, 2.24) is 0 Å². The summed E-state index contributed by atoms with van der Waals surface area (Å²) in [6, 6.07) is 1.88. The average molecular weight is 330 g/mol. The maximum absolute atomic E-state index is 13.6. The minimum atomic E-state index is -3.65. The van der Waals surface area contributed by atoms with Gasteiger partial charge in [0.1, 0.15) is 5.82 Å². The van der Waals surface area contributed by atoms with Gasteiger partial charge in [-0.05, 0) is 0 Å². The Labute approximate surface area is 117 Å². The van der Waals surface area contributed by atoms with Crippen LogP contribution in [0.1, 0.15) is 0 Å². The van der Waals surface area contributed by atoms with Crippen LogP contribution in [0.4, 0.5) is 10.1 Å². The molecule has 0 spiro atoms. The highest BCUT2D eigenvalue weighted by atomic mass is 35.7. The van der Waals surface area contributed by atoms with Gasteiger partial charge in [-0.15, -0.1) is 11.8 Å². The fraction of sp³-hybridized carbons (Fsp3) is 0.333. The van der Waals surface area contributed by atoms with Crippen LogP contribution in [0.2, 0.25) is 0 Å². The molecule has 0 saturated heterocycles. The Morgan fingerprint density at radius 3 is 2.63 bits per heavy atom. The highest BCUT2D eigenvalue weighted by molar-refractivity contribution is 8.14. The van der Waals surface area contributed by atoms with E-state index in [0.29, 0.717) is 0 Å². The van der Waals surface area contributed by atoms with Crippen molar-refractivity contribution in [1.29, 1.82) is 0 Å². The van der Waals surface area contributed by atoms with Gasteiger partial charge in [-0.25, -0.2) is 12.8 Å². The number of hydrogen-bond donors (Lipinski definition) is 0. The van der Waals surface area contributed by atoms with Crippen molar-refractivity contribution in [2.24, 2.45) is 0 Å². The van der Waals surface area contributed by atoms with Crippen molar-refractivity contribution in [2.75, 3.05) is 18.6 Å². The van der Waals surface area contributed by atoms with E-state index in [1.807, 2.05) is 0 Å². The molecule has 0 atom stereocenters. The minimum absolute atomic E-state index is 0.0315. The highest BCUT2D eigenvalue weighted by Crippen LogP contribution is 2.34. The number of rotatable bonds is 6. The summed E-state index contributed by atoms with van der Waals surface area (Å²) in [5.41, 5.74) is -0.491. The lowest BCUT2D eigenvalue weighted by molar-refractivity contribution is -0.386. The minimum Gasteiger partial charge on any atom is -0.490 e. The number of thioether (sulfide) groups is 1. The SMILES string of the molecule is COc1cc(SCCS(=O)(=O)Cl)c(F)cc1[N+](=O)[O-]. The first kappa shape index (κ1) is 16.0. The van der Waals surface area contributed by atoms with Gasteiger partial charge in [-0.3, -0.25) is 10.1 Å². The van der Waals surface area contributed by atoms with Crippen LogP contribution >= 0.6 is 22.4 Å². The van der Waals surface area contributed by atoms with Gasteiger partial charge in [0.05, 0.1) is 23.9 Å². The zero-order valence-corrected chi connectivity index (χ0v) is 12.0. The summed E-state index contributed by atoms with van der Waals surface area (Å²) in [5.74, 6) is -1.21. The molecule has 0 bridgehead atoms. The van der Waals surface area contributed by atoms with Crippen LogP contribution in [0.3, 0.4) is 0 Å². The highest BCUT2D eigenvalue weighted by Gasteiger charge is 2.19. The molecular weight excluding hydrogens is 321 g/mol. The van der Waals surface area contributed by atoms with Gasteiger partial charge in [-0.1, -0.05) is 0 Å². The van der Waals surface area contributed by atoms with Crippen LogP contribution in [0.5, 0.6) is 5.75 Å². The second-order valence-corrected chi connectivity index (χ2v) is 7.34. The summed E-state index contributed by atoms with van der Waals surface area (Å²) < 4.78 is 39.8. The zero-order chi connectivity index (χ0) is 14.6. The summed E-state index contributed by atoms with van der Waals surface area (Å²) in [5, 5.41) is 10.6. The summed E-state index contributed by atoms with van der Waals surface area (Å²) in [7, 11) is 2.58. The zero-order valence-electron chi connectivity index (χ0n) is 9.63. The second kappa shape index (κ2) is 6.40. The monoisotopic (exact) mass is 329 g/mol. The van der Waals surface area contributed by atoms with E-state index in [2.05, 4.69) is 0 Å². The number of methoxy groups -OCH3 is 1. The molecule has 0 fully saturated rings. The molecule has 106 valence electrons. The maximum atomic E-state index is 13.6. The fourth-order valence-electron chi connectivity index (χ4n) is 1.19. The Bertz CT molecular complexity index is 593. The first-order valence-corrected chi connectivity index (χ1v) is 8.28. The molecule has 0 radical (unpaired) electrons. The number of nitro benzene ring substituents is 1. The number of nitro groups is 1. The van der Waals surface area contributed by atoms with Crippen molar-refractivity contribution in [3.05, 3.63) is 28.1 Å². The molecule has 1 aromatic rings. The van der Waals surface area contributed by atoms with Crippen LogP contribution in [0, 0.1) is 15.9 Å². The summed E-state index contributed by atoms with van der Waals surface area (Å²) in [6.45, 7) is 0. The van der Waals surface area contributed by atoms with Crippen molar-refractivity contribution < 1.29 is 22.5 Å². The molecule has 0 aliphatic rings. The van der Waals surface area contributed by atoms with Crippen LogP contribution in [-0.4, -0.2) is 32.0 Å². The van der Waals surface area contributed by atoms with Gasteiger partial charge in [-0.2, -0.15) is 0 Å². The molecule has 0 heterocycles. The normalized spacial score (nSPS) is 11.3. The standard InChI is InChI=1S/C9H9ClFNO5S2/c1-17-8-5-9(18-2-3-19(10,15)16)6(11)4-7(8)12(13)14/h4-5H,2-3H2,1H3. The topological polar surface area (TPSA) is 86.5 Å². The van der Waals surface area contributed by atoms with E-state index in [9.17, 15) is 22.9 Å². The van der Waals surface area contributed by atoms with E-state index >= 15 is 0 Å². The molecule has 1 aromatic carbocycles. The lowest BCUT2D eigenvalue weighted by Gasteiger charge is -2.06. The Morgan fingerprint density at radius 1 is 1.53 bits per heavy atom. The van der Waals surface area contributed by atoms with E-state index in [0.717, 1.165) is 23.9 Å². The van der Waals surface area contributed by atoms with Gasteiger partial charge in [0.2, 0.25) is 9.05 Å². The third kappa shape index (κ3) is 4.84. The molecule has 0 aliphatic heterocycles. The molecule has 0 amide bonds. The smallest absolute Gasteiger partial charge is 0.313 e. The Hall–Kier alpha value is -1.06. The number of hydrogen-bond acceptors (Lipinski definition) is 6. The molecule has 0 unspecified atom stereocenters. The van der Waals surface area contributed by atoms with Gasteiger partial charge in [0, 0.05) is 27.4 Å². The Kier molecular flexibility index (Phi) is 5.39. The van der Waals surface area contributed by atoms with Crippen LogP contribution in [0.15, 0.2) is 17.0 Å². The van der Waals surface area contributed by atoms with Crippen LogP contribution in [-0.2, 0) is 9.05 Å². The molecule has 10 heteroatoms. The first-order valence-electron chi connectivity index (χ1n) is 4.81. The van der Waals surface area contributed by atoms with E-state index in [-0.39, 0.29) is 22.2 Å². The molecule has 0 N–H and O–H groups in total. The molecule has 0 aromatic heterocycles. The van der Waals surface area contributed by atoms with Crippen molar-refractivity contribution in [3.8, 4) is 5.75 Å². The predicted octanol–water partition coefficient (Wildman–Crippen LogP) is 2.40. The average Bonchev–Trinajstić information content (AvgIpc) is 2.29. The molecule has 0 aliphatic carbocycles. The van der Waals surface area contributed by atoms with Crippen molar-refractivity contribution in [3.63, 3.8) is 0 Å².